The second-order valence-corrected chi connectivity index (χ2v) is 5.64. The van der Waals surface area contributed by atoms with Gasteiger partial charge in [-0.3, -0.25) is 0 Å². The van der Waals surface area contributed by atoms with E-state index in [1.54, 1.807) is 0 Å². The molecule has 1 atom stereocenters. The lowest BCUT2D eigenvalue weighted by atomic mass is 9.98. The second-order valence-electron chi connectivity index (χ2n) is 5.64. The Kier molecular flexibility index (Phi) is 4.71. The molecule has 1 heterocycles. The molecule has 1 aliphatic heterocycles. The van der Waals surface area contributed by atoms with E-state index in [-0.39, 0.29) is 6.10 Å². The number of nitrogens with two attached hydrogens (primary N) is 1. The van der Waals surface area contributed by atoms with Crippen molar-refractivity contribution in [3.8, 4) is 11.5 Å². The highest BCUT2D eigenvalue weighted by atomic mass is 16.5. The van der Waals surface area contributed by atoms with Crippen molar-refractivity contribution in [1.82, 2.24) is 0 Å². The van der Waals surface area contributed by atoms with E-state index < -0.39 is 0 Å². The van der Waals surface area contributed by atoms with E-state index in [0.29, 0.717) is 19.1 Å². The summed E-state index contributed by atoms with van der Waals surface area (Å²) >= 11 is 0. The van der Waals surface area contributed by atoms with Gasteiger partial charge >= 0.3 is 0 Å². The molecule has 0 saturated heterocycles. The number of hydrogen-bond donors (Lipinski definition) is 1. The SMILES string of the molecule is CCOc1cc2c(cc1C=C(CN)C(C)C)OC(C)C2. The van der Waals surface area contributed by atoms with Crippen molar-refractivity contribution < 1.29 is 9.47 Å². The highest BCUT2D eigenvalue weighted by Gasteiger charge is 2.21. The van der Waals surface area contributed by atoms with E-state index in [1.807, 2.05) is 6.92 Å². The summed E-state index contributed by atoms with van der Waals surface area (Å²) in [5, 5.41) is 0. The van der Waals surface area contributed by atoms with E-state index in [1.165, 1.54) is 11.1 Å². The summed E-state index contributed by atoms with van der Waals surface area (Å²) < 4.78 is 11.6. The van der Waals surface area contributed by atoms with Crippen molar-refractivity contribution >= 4 is 6.08 Å². The van der Waals surface area contributed by atoms with Crippen molar-refractivity contribution in [1.29, 1.82) is 0 Å². The van der Waals surface area contributed by atoms with Gasteiger partial charge in [0.15, 0.2) is 0 Å². The predicted octanol–water partition coefficient (Wildman–Crippen LogP) is 3.41. The topological polar surface area (TPSA) is 44.5 Å². The fourth-order valence-corrected chi connectivity index (χ4v) is 2.51. The first-order chi connectivity index (χ1) is 9.55. The monoisotopic (exact) mass is 275 g/mol. The van der Waals surface area contributed by atoms with Crippen molar-refractivity contribution in [2.24, 2.45) is 11.7 Å². The summed E-state index contributed by atoms with van der Waals surface area (Å²) in [6, 6.07) is 4.20. The third kappa shape index (κ3) is 3.15. The Hall–Kier alpha value is -1.48. The smallest absolute Gasteiger partial charge is 0.127 e. The first kappa shape index (κ1) is 14.9. The van der Waals surface area contributed by atoms with Crippen LogP contribution in [0.3, 0.4) is 0 Å². The van der Waals surface area contributed by atoms with Gasteiger partial charge in [0.2, 0.25) is 0 Å². The minimum atomic E-state index is 0.248. The minimum absolute atomic E-state index is 0.248. The lowest BCUT2D eigenvalue weighted by Crippen LogP contribution is -2.08. The Morgan fingerprint density at radius 3 is 2.85 bits per heavy atom. The average Bonchev–Trinajstić information content (AvgIpc) is 2.74. The molecule has 1 unspecified atom stereocenters. The molecule has 0 aromatic heterocycles. The Morgan fingerprint density at radius 2 is 2.25 bits per heavy atom. The van der Waals surface area contributed by atoms with Crippen molar-refractivity contribution in [3.63, 3.8) is 0 Å². The summed E-state index contributed by atoms with van der Waals surface area (Å²) in [4.78, 5) is 0. The van der Waals surface area contributed by atoms with Gasteiger partial charge in [-0.25, -0.2) is 0 Å². The minimum Gasteiger partial charge on any atom is -0.493 e. The van der Waals surface area contributed by atoms with Crippen LogP contribution in [0.4, 0.5) is 0 Å². The van der Waals surface area contributed by atoms with E-state index in [0.717, 1.165) is 23.5 Å². The molecule has 20 heavy (non-hydrogen) atoms. The van der Waals surface area contributed by atoms with Gasteiger partial charge in [0, 0.05) is 24.1 Å². The molecule has 0 radical (unpaired) electrons. The molecule has 2 rings (SSSR count). The summed E-state index contributed by atoms with van der Waals surface area (Å²) in [7, 11) is 0. The lowest BCUT2D eigenvalue weighted by Gasteiger charge is -2.13. The Bertz CT molecular complexity index is 506. The van der Waals surface area contributed by atoms with Crippen LogP contribution in [-0.4, -0.2) is 19.3 Å². The van der Waals surface area contributed by atoms with Gasteiger partial charge in [-0.05, 0) is 31.9 Å². The van der Waals surface area contributed by atoms with Gasteiger partial charge in [-0.2, -0.15) is 0 Å². The first-order valence-electron chi connectivity index (χ1n) is 7.42. The van der Waals surface area contributed by atoms with Crippen molar-refractivity contribution in [2.45, 2.75) is 40.2 Å². The fraction of sp³-hybridized carbons (Fsp3) is 0.529. The van der Waals surface area contributed by atoms with Crippen molar-refractivity contribution in [2.75, 3.05) is 13.2 Å². The highest BCUT2D eigenvalue weighted by molar-refractivity contribution is 5.64. The third-order valence-corrected chi connectivity index (χ3v) is 3.65. The number of ether oxygens (including phenoxy) is 2. The summed E-state index contributed by atoms with van der Waals surface area (Å²) in [6.45, 7) is 9.64. The quantitative estimate of drug-likeness (QED) is 0.895. The zero-order valence-corrected chi connectivity index (χ0v) is 12.9. The number of hydrogen-bond acceptors (Lipinski definition) is 3. The van der Waals surface area contributed by atoms with Crippen LogP contribution in [0.1, 0.15) is 38.8 Å². The molecule has 0 spiro atoms. The van der Waals surface area contributed by atoms with Crippen LogP contribution in [0.5, 0.6) is 11.5 Å². The van der Waals surface area contributed by atoms with Crippen LogP contribution in [0, 0.1) is 5.92 Å². The molecule has 1 aromatic rings. The second kappa shape index (κ2) is 6.31. The standard InChI is InChI=1S/C17H25NO2/c1-5-19-16-8-13-6-12(4)20-17(13)9-14(16)7-15(10-18)11(2)3/h7-9,11-12H,5-6,10,18H2,1-4H3. The lowest BCUT2D eigenvalue weighted by molar-refractivity contribution is 0.254. The van der Waals surface area contributed by atoms with Gasteiger partial charge < -0.3 is 15.2 Å². The van der Waals surface area contributed by atoms with Crippen LogP contribution in [0.25, 0.3) is 6.08 Å². The Labute approximate surface area is 121 Å². The predicted molar refractivity (Wildman–Crippen MR) is 83.3 cm³/mol. The van der Waals surface area contributed by atoms with Crippen LogP contribution in [-0.2, 0) is 6.42 Å². The van der Waals surface area contributed by atoms with Gasteiger partial charge in [0.1, 0.15) is 17.6 Å². The maximum Gasteiger partial charge on any atom is 0.127 e. The average molecular weight is 275 g/mol. The molecular weight excluding hydrogens is 250 g/mol. The van der Waals surface area contributed by atoms with Crippen LogP contribution in [0.2, 0.25) is 0 Å². The van der Waals surface area contributed by atoms with E-state index in [2.05, 4.69) is 39.0 Å². The zero-order valence-electron chi connectivity index (χ0n) is 12.9. The van der Waals surface area contributed by atoms with Crippen LogP contribution < -0.4 is 15.2 Å². The normalized spacial score (nSPS) is 18.1. The molecule has 3 heteroatoms. The number of benzene rings is 1. The molecule has 0 saturated carbocycles. The molecule has 0 aliphatic carbocycles. The molecular formula is C17H25NO2. The largest absolute Gasteiger partial charge is 0.493 e. The molecule has 1 aliphatic rings. The Balaban J connectivity index is 2.43. The zero-order chi connectivity index (χ0) is 14.7. The molecule has 110 valence electrons. The number of fused-ring (bicyclic) bond motifs is 1. The molecule has 3 nitrogen and oxygen atoms in total. The Morgan fingerprint density at radius 1 is 1.50 bits per heavy atom. The molecule has 0 bridgehead atoms. The maximum atomic E-state index is 5.84. The van der Waals surface area contributed by atoms with Crippen LogP contribution in [0.15, 0.2) is 17.7 Å². The molecule has 0 fully saturated rings. The summed E-state index contributed by atoms with van der Waals surface area (Å²) in [5.41, 5.74) is 9.36. The van der Waals surface area contributed by atoms with Gasteiger partial charge in [-0.15, -0.1) is 0 Å². The van der Waals surface area contributed by atoms with Gasteiger partial charge in [-0.1, -0.05) is 25.5 Å². The third-order valence-electron chi connectivity index (χ3n) is 3.65. The highest BCUT2D eigenvalue weighted by Crippen LogP contribution is 2.36. The summed E-state index contributed by atoms with van der Waals surface area (Å²) in [5.74, 6) is 2.34. The molecule has 1 aromatic carbocycles. The van der Waals surface area contributed by atoms with Crippen LogP contribution >= 0.6 is 0 Å². The van der Waals surface area contributed by atoms with E-state index in [9.17, 15) is 0 Å². The molecule has 2 N–H and O–H groups in total. The fourth-order valence-electron chi connectivity index (χ4n) is 2.51. The van der Waals surface area contributed by atoms with E-state index in [4.69, 9.17) is 15.2 Å². The number of rotatable bonds is 5. The maximum absolute atomic E-state index is 5.84. The summed E-state index contributed by atoms with van der Waals surface area (Å²) in [6.07, 6.45) is 3.34. The molecule has 0 amide bonds. The van der Waals surface area contributed by atoms with Gasteiger partial charge in [0.25, 0.3) is 0 Å². The first-order valence-corrected chi connectivity index (χ1v) is 7.42. The van der Waals surface area contributed by atoms with Gasteiger partial charge in [0.05, 0.1) is 6.61 Å². The van der Waals surface area contributed by atoms with E-state index >= 15 is 0 Å². The van der Waals surface area contributed by atoms with Crippen molar-refractivity contribution in [3.05, 3.63) is 28.8 Å².